The van der Waals surface area contributed by atoms with E-state index in [-0.39, 0.29) is 37.6 Å². The van der Waals surface area contributed by atoms with Crippen LogP contribution < -0.4 is 14.2 Å². The second-order valence-electron chi connectivity index (χ2n) is 14.2. The smallest absolute Gasteiger partial charge is 0.366 e. The van der Waals surface area contributed by atoms with Gasteiger partial charge in [-0.1, -0.05) is 39.0 Å². The molecular weight excluding hydrogens is 707 g/mol. The van der Waals surface area contributed by atoms with Gasteiger partial charge >= 0.3 is 23.9 Å². The lowest BCUT2D eigenvalue weighted by Gasteiger charge is -2.22. The minimum atomic E-state index is -1.09. The molecule has 294 valence electrons. The van der Waals surface area contributed by atoms with Crippen molar-refractivity contribution in [3.8, 4) is 28.4 Å². The van der Waals surface area contributed by atoms with Crippen molar-refractivity contribution < 1.29 is 52.0 Å². The minimum Gasteiger partial charge on any atom is -0.494 e. The van der Waals surface area contributed by atoms with Gasteiger partial charge < -0.3 is 28.4 Å². The molecule has 2 aliphatic rings. The summed E-state index contributed by atoms with van der Waals surface area (Å²) in [7, 11) is 0. The second-order valence-corrected chi connectivity index (χ2v) is 14.2. The van der Waals surface area contributed by atoms with E-state index in [1.54, 1.807) is 37.3 Å². The fourth-order valence-electron chi connectivity index (χ4n) is 6.77. The minimum absolute atomic E-state index is 0.0193. The highest BCUT2D eigenvalue weighted by atomic mass is 19.1. The molecule has 0 aliphatic heterocycles. The van der Waals surface area contributed by atoms with E-state index in [2.05, 4.69) is 13.5 Å². The monoisotopic (exact) mass is 758 g/mol. The van der Waals surface area contributed by atoms with Crippen LogP contribution >= 0.6 is 0 Å². The molecule has 10 nitrogen and oxygen atoms in total. The van der Waals surface area contributed by atoms with E-state index in [0.717, 1.165) is 67.2 Å². The zero-order chi connectivity index (χ0) is 39.2. The number of rotatable bonds is 20. The van der Waals surface area contributed by atoms with Gasteiger partial charge in [0.1, 0.15) is 23.4 Å². The van der Waals surface area contributed by atoms with Crippen LogP contribution in [0.2, 0.25) is 0 Å². The summed E-state index contributed by atoms with van der Waals surface area (Å²) < 4.78 is 45.7. The van der Waals surface area contributed by atoms with Crippen molar-refractivity contribution in [1.29, 1.82) is 0 Å². The molecule has 1 saturated carbocycles. The first-order valence-corrected chi connectivity index (χ1v) is 19.3. The van der Waals surface area contributed by atoms with Crippen LogP contribution in [0, 0.1) is 5.92 Å². The van der Waals surface area contributed by atoms with Crippen molar-refractivity contribution in [2.45, 2.75) is 96.5 Å². The molecule has 0 aromatic heterocycles. The van der Waals surface area contributed by atoms with E-state index < -0.39 is 29.7 Å². The molecule has 0 bridgehead atoms. The maximum absolute atomic E-state index is 13.1. The molecule has 0 heterocycles. The number of hydrogen-bond donors (Lipinski definition) is 0. The van der Waals surface area contributed by atoms with Crippen molar-refractivity contribution in [2.24, 2.45) is 5.92 Å². The van der Waals surface area contributed by atoms with Crippen LogP contribution in [-0.2, 0) is 28.6 Å². The molecule has 0 amide bonds. The maximum Gasteiger partial charge on any atom is 0.366 e. The zero-order valence-electron chi connectivity index (χ0n) is 31.8. The lowest BCUT2D eigenvalue weighted by molar-refractivity contribution is -0.158. The molecule has 1 fully saturated rings. The van der Waals surface area contributed by atoms with Crippen LogP contribution in [0.4, 0.5) is 4.39 Å². The first-order chi connectivity index (χ1) is 26.6. The van der Waals surface area contributed by atoms with Crippen molar-refractivity contribution in [3.63, 3.8) is 0 Å². The normalized spacial score (nSPS) is 15.2. The van der Waals surface area contributed by atoms with Gasteiger partial charge in [-0.05, 0) is 122 Å². The van der Waals surface area contributed by atoms with Crippen molar-refractivity contribution in [1.82, 2.24) is 0 Å². The fraction of sp³-hybridized carbons (Fsp3) is 0.455. The summed E-state index contributed by atoms with van der Waals surface area (Å²) in [6.45, 7) is 7.89. The van der Waals surface area contributed by atoms with Crippen LogP contribution in [0.5, 0.6) is 17.2 Å². The lowest BCUT2D eigenvalue weighted by atomic mass is 9.98. The quantitative estimate of drug-likeness (QED) is 0.0362. The lowest BCUT2D eigenvalue weighted by Crippen LogP contribution is -2.25. The van der Waals surface area contributed by atoms with E-state index >= 15 is 0 Å². The van der Waals surface area contributed by atoms with Gasteiger partial charge in [0.2, 0.25) is 5.83 Å². The molecule has 11 heteroatoms. The van der Waals surface area contributed by atoms with Gasteiger partial charge in [0.15, 0.2) is 0 Å². The van der Waals surface area contributed by atoms with E-state index in [9.17, 15) is 23.6 Å². The van der Waals surface area contributed by atoms with Crippen molar-refractivity contribution >= 4 is 23.9 Å². The van der Waals surface area contributed by atoms with Gasteiger partial charge in [0.25, 0.3) is 0 Å². The van der Waals surface area contributed by atoms with Gasteiger partial charge in [-0.25, -0.2) is 9.59 Å². The number of unbranched alkanes of at least 4 members (excludes halogenated alkanes) is 3. The number of carbonyl (C=O) groups excluding carboxylic acids is 4. The van der Waals surface area contributed by atoms with Crippen molar-refractivity contribution in [2.75, 3.05) is 26.4 Å². The molecule has 3 aromatic carbocycles. The van der Waals surface area contributed by atoms with Gasteiger partial charge in [0, 0.05) is 12.3 Å². The number of halogens is 1. The molecule has 2 unspecified atom stereocenters. The van der Waals surface area contributed by atoms with E-state index in [1.165, 1.54) is 6.42 Å². The fourth-order valence-corrected chi connectivity index (χ4v) is 6.77. The molecule has 2 atom stereocenters. The summed E-state index contributed by atoms with van der Waals surface area (Å²) in [5.41, 5.74) is 4.72. The number of hydrogen-bond acceptors (Lipinski definition) is 10. The molecule has 55 heavy (non-hydrogen) atoms. The number of carbonyl (C=O) groups is 4. The van der Waals surface area contributed by atoms with E-state index in [0.29, 0.717) is 48.9 Å². The Morgan fingerprint density at radius 2 is 1.33 bits per heavy atom. The Balaban J connectivity index is 1.00. The topological polar surface area (TPSA) is 124 Å². The predicted octanol–water partition coefficient (Wildman–Crippen LogP) is 9.22. The van der Waals surface area contributed by atoms with Gasteiger partial charge in [-0.3, -0.25) is 9.59 Å². The highest BCUT2D eigenvalue weighted by Crippen LogP contribution is 2.46. The van der Waals surface area contributed by atoms with E-state index in [4.69, 9.17) is 28.4 Å². The van der Waals surface area contributed by atoms with E-state index in [1.807, 2.05) is 30.3 Å². The SMILES string of the molecule is C=C(F)C(=O)OCCCCCCOc1ccc(OC(=O)c2ccc3c(c2)C(C)c2cc(OCCCOC(=O)C(C)CC(=O)OC4CCCCC4)ccc2-3)cc1. The van der Waals surface area contributed by atoms with Crippen LogP contribution in [0.1, 0.15) is 112 Å². The Morgan fingerprint density at radius 3 is 2.05 bits per heavy atom. The Labute approximate surface area is 322 Å². The summed E-state index contributed by atoms with van der Waals surface area (Å²) >= 11 is 0. The van der Waals surface area contributed by atoms with Crippen LogP contribution in [0.3, 0.4) is 0 Å². The Bertz CT molecular complexity index is 1800. The first-order valence-electron chi connectivity index (χ1n) is 19.3. The Morgan fingerprint density at radius 1 is 0.727 bits per heavy atom. The van der Waals surface area contributed by atoms with Crippen LogP contribution in [0.15, 0.2) is 73.1 Å². The third kappa shape index (κ3) is 12.2. The molecule has 0 radical (unpaired) electrons. The maximum atomic E-state index is 13.1. The zero-order valence-corrected chi connectivity index (χ0v) is 31.8. The van der Waals surface area contributed by atoms with Gasteiger partial charge in [0.05, 0.1) is 44.3 Å². The standard InChI is InChI=1S/C44H51FO10/c1-29(26-41(46)54-34-12-7-6-8-13-34)42(47)52-25-11-24-51-36-19-21-38-37-20-14-32(27-39(37)30(2)40(38)28-36)44(49)55-35-17-15-33(16-18-35)50-22-9-4-5-10-23-53-43(48)31(3)45/h14-21,27-30,34H,3-13,22-26H2,1-2H3. The average Bonchev–Trinajstić information content (AvgIpc) is 3.46. The number of esters is 4. The number of ether oxygens (including phenoxy) is 6. The first kappa shape index (κ1) is 41.0. The predicted molar refractivity (Wildman–Crippen MR) is 204 cm³/mol. The molecule has 5 rings (SSSR count). The Hall–Kier alpha value is -5.19. The molecule has 0 saturated heterocycles. The summed E-state index contributed by atoms with van der Waals surface area (Å²) in [6.07, 6.45) is 8.73. The molecular formula is C44H51FO10. The second kappa shape index (κ2) is 20.5. The van der Waals surface area contributed by atoms with Crippen LogP contribution in [-0.4, -0.2) is 56.4 Å². The third-order valence-electron chi connectivity index (χ3n) is 9.86. The van der Waals surface area contributed by atoms with Crippen LogP contribution in [0.25, 0.3) is 11.1 Å². The summed E-state index contributed by atoms with van der Waals surface area (Å²) in [5.74, 6) is -2.09. The molecule has 2 aliphatic carbocycles. The van der Waals surface area contributed by atoms with Gasteiger partial charge in [-0.2, -0.15) is 4.39 Å². The number of fused-ring (bicyclic) bond motifs is 3. The molecule has 0 N–H and O–H groups in total. The molecule has 3 aromatic rings. The summed E-state index contributed by atoms with van der Waals surface area (Å²) in [4.78, 5) is 48.8. The third-order valence-corrected chi connectivity index (χ3v) is 9.86. The highest BCUT2D eigenvalue weighted by Gasteiger charge is 2.28. The number of benzene rings is 3. The van der Waals surface area contributed by atoms with Gasteiger partial charge in [-0.15, -0.1) is 0 Å². The molecule has 0 spiro atoms. The highest BCUT2D eigenvalue weighted by molar-refractivity contribution is 5.93. The summed E-state index contributed by atoms with van der Waals surface area (Å²) in [5, 5.41) is 0. The average molecular weight is 759 g/mol. The summed E-state index contributed by atoms with van der Waals surface area (Å²) in [6, 6.07) is 18.4. The van der Waals surface area contributed by atoms with Crippen molar-refractivity contribution in [3.05, 3.63) is 89.8 Å². The largest absolute Gasteiger partial charge is 0.494 e. The Kier molecular flexibility index (Phi) is 15.3.